The van der Waals surface area contributed by atoms with Gasteiger partial charge in [0, 0.05) is 17.1 Å². The van der Waals surface area contributed by atoms with Crippen LogP contribution in [0.4, 0.5) is 0 Å². The average Bonchev–Trinajstić information content (AvgIpc) is 3.00. The second kappa shape index (κ2) is 6.23. The summed E-state index contributed by atoms with van der Waals surface area (Å²) in [5.74, 6) is 0.0915. The Morgan fingerprint density at radius 2 is 2.13 bits per heavy atom. The maximum absolute atomic E-state index is 12.2. The molecule has 116 valence electrons. The first kappa shape index (κ1) is 14.6. The molecule has 0 fully saturated rings. The van der Waals surface area contributed by atoms with Crippen molar-refractivity contribution in [1.29, 1.82) is 0 Å². The van der Waals surface area contributed by atoms with Crippen LogP contribution >= 0.6 is 0 Å². The molecule has 0 saturated carbocycles. The second-order valence-corrected chi connectivity index (χ2v) is 4.88. The number of nitrogens with one attached hydrogen (secondary N) is 2. The highest BCUT2D eigenvalue weighted by Crippen LogP contribution is 2.25. The van der Waals surface area contributed by atoms with Gasteiger partial charge >= 0.3 is 0 Å². The van der Waals surface area contributed by atoms with Crippen LogP contribution in [-0.4, -0.2) is 29.3 Å². The van der Waals surface area contributed by atoms with Crippen LogP contribution in [0, 0.1) is 0 Å². The van der Waals surface area contributed by atoms with Gasteiger partial charge in [0.25, 0.3) is 5.91 Å². The van der Waals surface area contributed by atoms with Crippen molar-refractivity contribution in [3.63, 3.8) is 0 Å². The quantitative estimate of drug-likeness (QED) is 0.511. The lowest BCUT2D eigenvalue weighted by Crippen LogP contribution is -2.17. The number of para-hydroxylation sites is 1. The van der Waals surface area contributed by atoms with E-state index >= 15 is 0 Å². The third-order valence-electron chi connectivity index (χ3n) is 3.42. The number of aromatic nitrogens is 1. The Morgan fingerprint density at radius 3 is 2.96 bits per heavy atom. The van der Waals surface area contributed by atoms with Crippen LogP contribution in [0.15, 0.2) is 53.8 Å². The molecule has 6 nitrogen and oxygen atoms in total. The number of carbonyl (C=O) groups excluding carboxylic acids is 1. The third kappa shape index (κ3) is 3.01. The summed E-state index contributed by atoms with van der Waals surface area (Å²) >= 11 is 0. The van der Waals surface area contributed by atoms with Crippen molar-refractivity contribution < 1.29 is 14.6 Å². The van der Waals surface area contributed by atoms with Crippen LogP contribution < -0.4 is 10.2 Å². The number of carbonyl (C=O) groups is 1. The number of benzene rings is 2. The smallest absolute Gasteiger partial charge is 0.273 e. The van der Waals surface area contributed by atoms with Crippen LogP contribution in [-0.2, 0) is 0 Å². The number of ether oxygens (including phenoxy) is 1. The van der Waals surface area contributed by atoms with Crippen LogP contribution in [0.5, 0.6) is 11.5 Å². The van der Waals surface area contributed by atoms with Crippen molar-refractivity contribution in [2.45, 2.75) is 0 Å². The molecule has 2 aromatic carbocycles. The molecule has 3 rings (SSSR count). The van der Waals surface area contributed by atoms with Gasteiger partial charge in [0.1, 0.15) is 0 Å². The molecule has 1 heterocycles. The van der Waals surface area contributed by atoms with Gasteiger partial charge in [-0.15, -0.1) is 0 Å². The maximum atomic E-state index is 12.2. The zero-order valence-electron chi connectivity index (χ0n) is 12.4. The van der Waals surface area contributed by atoms with E-state index in [2.05, 4.69) is 15.5 Å². The first-order valence-electron chi connectivity index (χ1n) is 6.95. The molecule has 0 radical (unpaired) electrons. The summed E-state index contributed by atoms with van der Waals surface area (Å²) in [7, 11) is 1.47. The molecule has 0 bridgehead atoms. The molecule has 0 aliphatic heterocycles. The lowest BCUT2D eigenvalue weighted by Gasteiger charge is -2.03. The fourth-order valence-corrected chi connectivity index (χ4v) is 2.26. The molecule has 0 saturated heterocycles. The number of aromatic amines is 1. The summed E-state index contributed by atoms with van der Waals surface area (Å²) in [5, 5.41) is 14.3. The first-order valence-corrected chi connectivity index (χ1v) is 6.95. The third-order valence-corrected chi connectivity index (χ3v) is 3.42. The van der Waals surface area contributed by atoms with E-state index in [1.54, 1.807) is 18.3 Å². The summed E-state index contributed by atoms with van der Waals surface area (Å²) in [6, 6.07) is 12.3. The molecule has 1 amide bonds. The van der Waals surface area contributed by atoms with E-state index in [1.807, 2.05) is 24.3 Å². The minimum atomic E-state index is -0.301. The van der Waals surface area contributed by atoms with Crippen molar-refractivity contribution in [2.24, 2.45) is 5.10 Å². The summed E-state index contributed by atoms with van der Waals surface area (Å²) in [4.78, 5) is 15.2. The number of nitrogens with zero attached hydrogens (tertiary/aromatic N) is 1. The van der Waals surface area contributed by atoms with Gasteiger partial charge in [0.05, 0.1) is 18.9 Å². The normalized spacial score (nSPS) is 11.0. The number of phenols is 1. The Labute approximate surface area is 132 Å². The van der Waals surface area contributed by atoms with Crippen LogP contribution in [0.3, 0.4) is 0 Å². The molecule has 0 aliphatic carbocycles. The number of aromatic hydroxyl groups is 1. The highest BCUT2D eigenvalue weighted by Gasteiger charge is 2.10. The van der Waals surface area contributed by atoms with E-state index in [0.29, 0.717) is 16.9 Å². The number of hydrogen-bond acceptors (Lipinski definition) is 4. The number of hydrazone groups is 1. The van der Waals surface area contributed by atoms with E-state index in [9.17, 15) is 9.90 Å². The Hall–Kier alpha value is -3.28. The number of methoxy groups -OCH3 is 1. The van der Waals surface area contributed by atoms with Gasteiger partial charge in [-0.3, -0.25) is 4.79 Å². The van der Waals surface area contributed by atoms with E-state index in [0.717, 1.165) is 10.9 Å². The fourth-order valence-electron chi connectivity index (χ4n) is 2.26. The highest BCUT2D eigenvalue weighted by molar-refractivity contribution is 6.06. The molecule has 1 aromatic heterocycles. The van der Waals surface area contributed by atoms with Gasteiger partial charge in [-0.05, 0) is 29.8 Å². The zero-order valence-corrected chi connectivity index (χ0v) is 12.4. The monoisotopic (exact) mass is 309 g/mol. The van der Waals surface area contributed by atoms with Gasteiger partial charge < -0.3 is 14.8 Å². The molecular weight excluding hydrogens is 294 g/mol. The van der Waals surface area contributed by atoms with Crippen LogP contribution in [0.1, 0.15) is 15.9 Å². The topological polar surface area (TPSA) is 86.7 Å². The van der Waals surface area contributed by atoms with E-state index in [4.69, 9.17) is 4.74 Å². The SMILES string of the molecule is COc1cc(/C=N/NC(=O)c2c[nH]c3ccccc23)ccc1O. The standard InChI is InChI=1S/C17H15N3O3/c1-23-16-8-11(6-7-15(16)21)9-19-20-17(22)13-10-18-14-5-3-2-4-12(13)14/h2-10,18,21H,1H3,(H,20,22)/b19-9+. The number of hydrogen-bond donors (Lipinski definition) is 3. The number of fused-ring (bicyclic) bond motifs is 1. The number of phenolic OH excluding ortho intramolecular Hbond substituents is 1. The number of H-pyrrole nitrogens is 1. The van der Waals surface area contributed by atoms with Gasteiger partial charge in [-0.25, -0.2) is 5.43 Å². The van der Waals surface area contributed by atoms with Crippen molar-refractivity contribution in [2.75, 3.05) is 7.11 Å². The first-order chi connectivity index (χ1) is 11.2. The second-order valence-electron chi connectivity index (χ2n) is 4.88. The Kier molecular flexibility index (Phi) is 3.97. The number of rotatable bonds is 4. The van der Waals surface area contributed by atoms with Gasteiger partial charge in [-0.2, -0.15) is 5.10 Å². The molecule has 0 spiro atoms. The van der Waals surface area contributed by atoms with Gasteiger partial charge in [0.2, 0.25) is 0 Å². The Bertz CT molecular complexity index is 884. The molecule has 23 heavy (non-hydrogen) atoms. The summed E-state index contributed by atoms with van der Waals surface area (Å²) < 4.78 is 5.02. The van der Waals surface area contributed by atoms with Crippen LogP contribution in [0.25, 0.3) is 10.9 Å². The predicted octanol–water partition coefficient (Wildman–Crippen LogP) is 2.65. The average molecular weight is 309 g/mol. The van der Waals surface area contributed by atoms with E-state index in [-0.39, 0.29) is 11.7 Å². The molecule has 3 N–H and O–H groups in total. The van der Waals surface area contributed by atoms with Crippen LogP contribution in [0.2, 0.25) is 0 Å². The zero-order chi connectivity index (χ0) is 16.2. The number of amides is 1. The molecule has 0 aliphatic rings. The lowest BCUT2D eigenvalue weighted by atomic mass is 10.2. The lowest BCUT2D eigenvalue weighted by molar-refractivity contribution is 0.0957. The van der Waals surface area contributed by atoms with E-state index < -0.39 is 0 Å². The molecule has 0 atom stereocenters. The highest BCUT2D eigenvalue weighted by atomic mass is 16.5. The maximum Gasteiger partial charge on any atom is 0.273 e. The van der Waals surface area contributed by atoms with Crippen molar-refractivity contribution >= 4 is 23.0 Å². The van der Waals surface area contributed by atoms with Crippen molar-refractivity contribution in [1.82, 2.24) is 10.4 Å². The summed E-state index contributed by atoms with van der Waals surface area (Å²) in [6.07, 6.45) is 3.13. The largest absolute Gasteiger partial charge is 0.504 e. The predicted molar refractivity (Wildman–Crippen MR) is 88.0 cm³/mol. The Balaban J connectivity index is 1.74. The summed E-state index contributed by atoms with van der Waals surface area (Å²) in [5.41, 5.74) is 4.60. The summed E-state index contributed by atoms with van der Waals surface area (Å²) in [6.45, 7) is 0. The molecule has 6 heteroatoms. The van der Waals surface area contributed by atoms with Gasteiger partial charge in [-0.1, -0.05) is 18.2 Å². The molecular formula is C17H15N3O3. The fraction of sp³-hybridized carbons (Fsp3) is 0.0588. The minimum absolute atomic E-state index is 0.0486. The van der Waals surface area contributed by atoms with E-state index in [1.165, 1.54) is 19.4 Å². The van der Waals surface area contributed by atoms with Crippen molar-refractivity contribution in [3.8, 4) is 11.5 Å². The minimum Gasteiger partial charge on any atom is -0.504 e. The van der Waals surface area contributed by atoms with Crippen molar-refractivity contribution in [3.05, 3.63) is 59.8 Å². The molecule has 3 aromatic rings. The Morgan fingerprint density at radius 1 is 1.30 bits per heavy atom. The van der Waals surface area contributed by atoms with Gasteiger partial charge in [0.15, 0.2) is 11.5 Å². The molecule has 0 unspecified atom stereocenters.